The van der Waals surface area contributed by atoms with Crippen LogP contribution in [0.1, 0.15) is 0 Å². The van der Waals surface area contributed by atoms with Crippen LogP contribution in [0.4, 0.5) is 26.3 Å². The Morgan fingerprint density at radius 2 is 1.64 bits per heavy atom. The first kappa shape index (κ1) is 13.0. The van der Waals surface area contributed by atoms with E-state index < -0.39 is 24.1 Å². The molecule has 0 aromatic carbocycles. The fraction of sp³-hybridized carbons (Fsp3) is 0.800. The minimum atomic E-state index is -5.34. The van der Waals surface area contributed by atoms with E-state index in [0.29, 0.717) is 7.05 Å². The third kappa shape index (κ3) is 3.05. The van der Waals surface area contributed by atoms with E-state index in [1.807, 2.05) is 0 Å². The van der Waals surface area contributed by atoms with Crippen molar-refractivity contribution in [3.8, 4) is 0 Å². The van der Waals surface area contributed by atoms with E-state index in [1.165, 1.54) is 5.32 Å². The van der Waals surface area contributed by atoms with Gasteiger partial charge in [0, 0.05) is 0 Å². The molecule has 0 bridgehead atoms. The molecule has 0 spiro atoms. The van der Waals surface area contributed by atoms with Crippen molar-refractivity contribution < 1.29 is 31.5 Å². The van der Waals surface area contributed by atoms with Crippen LogP contribution in [0.15, 0.2) is 5.16 Å². The van der Waals surface area contributed by atoms with Gasteiger partial charge >= 0.3 is 12.4 Å². The second kappa shape index (κ2) is 4.03. The molecule has 0 aliphatic heterocycles. The maximum absolute atomic E-state index is 11.9. The first-order valence-electron chi connectivity index (χ1n) is 3.17. The third-order valence-corrected chi connectivity index (χ3v) is 1.29. The lowest BCUT2D eigenvalue weighted by molar-refractivity contribution is -0.148. The Bertz CT molecular complexity index is 219. The van der Waals surface area contributed by atoms with E-state index in [2.05, 4.69) is 0 Å². The number of hydrogen-bond donors (Lipinski definition) is 2. The highest BCUT2D eigenvalue weighted by atomic mass is 19.4. The highest BCUT2D eigenvalue weighted by Gasteiger charge is 2.52. The minimum absolute atomic E-state index is 0.676. The molecule has 0 aromatic heterocycles. The molecule has 14 heavy (non-hydrogen) atoms. The smallest absolute Gasteiger partial charge is 0.411 e. The summed E-state index contributed by atoms with van der Waals surface area (Å²) in [7, 11) is 0.676. The van der Waals surface area contributed by atoms with Crippen LogP contribution in [0.25, 0.3) is 0 Å². The minimum Gasteiger partial charge on any atom is -0.411 e. The van der Waals surface area contributed by atoms with Gasteiger partial charge in [-0.1, -0.05) is 5.16 Å². The summed E-state index contributed by atoms with van der Waals surface area (Å²) >= 11 is 0. The van der Waals surface area contributed by atoms with Gasteiger partial charge in [0.05, 0.1) is 0 Å². The molecule has 0 rings (SSSR count). The zero-order chi connectivity index (χ0) is 11.6. The fourth-order valence-corrected chi connectivity index (χ4v) is 0.733. The van der Waals surface area contributed by atoms with Gasteiger partial charge in [-0.05, 0) is 7.05 Å². The van der Waals surface area contributed by atoms with Crippen LogP contribution < -0.4 is 5.32 Å². The first-order chi connectivity index (χ1) is 6.14. The molecule has 0 heterocycles. The molecule has 0 saturated carbocycles. The summed E-state index contributed by atoms with van der Waals surface area (Å²) in [4.78, 5) is 0. The van der Waals surface area contributed by atoms with Crippen molar-refractivity contribution in [1.82, 2.24) is 5.32 Å². The second-order valence-corrected chi connectivity index (χ2v) is 2.25. The van der Waals surface area contributed by atoms with Crippen LogP contribution in [0, 0.1) is 0 Å². The van der Waals surface area contributed by atoms with Crippen molar-refractivity contribution in [3.63, 3.8) is 0 Å². The molecule has 9 heteroatoms. The van der Waals surface area contributed by atoms with Gasteiger partial charge in [0.25, 0.3) is 0 Å². The molecule has 0 aromatic rings. The summed E-state index contributed by atoms with van der Waals surface area (Å²) in [5, 5.41) is 10.8. The largest absolute Gasteiger partial charge is 0.434 e. The van der Waals surface area contributed by atoms with E-state index in [-0.39, 0.29) is 0 Å². The third-order valence-electron chi connectivity index (χ3n) is 1.29. The monoisotopic (exact) mass is 224 g/mol. The van der Waals surface area contributed by atoms with E-state index in [1.54, 1.807) is 5.16 Å². The number of oxime groups is 1. The van der Waals surface area contributed by atoms with Gasteiger partial charge in [-0.3, -0.25) is 0 Å². The second-order valence-electron chi connectivity index (χ2n) is 2.25. The SMILES string of the molecule is CNC(C(=NO)C(F)(F)F)C(F)(F)F. The van der Waals surface area contributed by atoms with Crippen molar-refractivity contribution in [2.24, 2.45) is 5.16 Å². The molecule has 0 aliphatic carbocycles. The number of nitrogens with zero attached hydrogens (tertiary/aromatic N) is 1. The average Bonchev–Trinajstić information content (AvgIpc) is 1.94. The van der Waals surface area contributed by atoms with E-state index in [0.717, 1.165) is 0 Å². The lowest BCUT2D eigenvalue weighted by Crippen LogP contribution is -2.51. The molecule has 1 unspecified atom stereocenters. The predicted octanol–water partition coefficient (Wildman–Crippen LogP) is 1.53. The maximum Gasteiger partial charge on any atom is 0.434 e. The van der Waals surface area contributed by atoms with Crippen molar-refractivity contribution in [2.75, 3.05) is 7.05 Å². The number of hydrogen-bond acceptors (Lipinski definition) is 3. The number of nitrogens with one attached hydrogen (secondary N) is 1. The van der Waals surface area contributed by atoms with Gasteiger partial charge in [-0.15, -0.1) is 0 Å². The predicted molar refractivity (Wildman–Crippen MR) is 34.2 cm³/mol. The summed E-state index contributed by atoms with van der Waals surface area (Å²) in [5.41, 5.74) is -2.33. The zero-order valence-corrected chi connectivity index (χ0v) is 6.74. The Balaban J connectivity index is 5.03. The van der Waals surface area contributed by atoms with E-state index in [4.69, 9.17) is 5.21 Å². The Hall–Kier alpha value is -0.990. The highest BCUT2D eigenvalue weighted by Crippen LogP contribution is 2.28. The normalized spacial score (nSPS) is 16.9. The lowest BCUT2D eigenvalue weighted by atomic mass is 10.1. The summed E-state index contributed by atoms with van der Waals surface area (Å²) in [6, 6.07) is -3.03. The molecular formula is C5H6F6N2O. The Morgan fingerprint density at radius 3 is 1.71 bits per heavy atom. The van der Waals surface area contributed by atoms with Crippen LogP contribution in [0.3, 0.4) is 0 Å². The van der Waals surface area contributed by atoms with Crippen LogP contribution >= 0.6 is 0 Å². The van der Waals surface area contributed by atoms with Crippen molar-refractivity contribution >= 4 is 5.71 Å². The summed E-state index contributed by atoms with van der Waals surface area (Å²) < 4.78 is 71.4. The van der Waals surface area contributed by atoms with Gasteiger partial charge in [-0.25, -0.2) is 0 Å². The molecular weight excluding hydrogens is 218 g/mol. The Kier molecular flexibility index (Phi) is 3.74. The van der Waals surface area contributed by atoms with Crippen molar-refractivity contribution in [3.05, 3.63) is 0 Å². The Morgan fingerprint density at radius 1 is 1.21 bits per heavy atom. The molecule has 3 nitrogen and oxygen atoms in total. The number of alkyl halides is 6. The van der Waals surface area contributed by atoms with E-state index >= 15 is 0 Å². The fourth-order valence-electron chi connectivity index (χ4n) is 0.733. The van der Waals surface area contributed by atoms with Gasteiger partial charge < -0.3 is 10.5 Å². The molecule has 1 atom stereocenters. The van der Waals surface area contributed by atoms with Gasteiger partial charge in [-0.2, -0.15) is 26.3 Å². The quantitative estimate of drug-likeness (QED) is 0.323. The van der Waals surface area contributed by atoms with E-state index in [9.17, 15) is 26.3 Å². The molecule has 0 aliphatic rings. The summed E-state index contributed by atoms with van der Waals surface area (Å²) in [6.07, 6.45) is -10.5. The first-order valence-corrected chi connectivity index (χ1v) is 3.17. The van der Waals surface area contributed by atoms with Crippen LogP contribution in [0.2, 0.25) is 0 Å². The van der Waals surface area contributed by atoms with Gasteiger partial charge in [0.1, 0.15) is 0 Å². The average molecular weight is 224 g/mol. The van der Waals surface area contributed by atoms with Gasteiger partial charge in [0.2, 0.25) is 0 Å². The highest BCUT2D eigenvalue weighted by molar-refractivity contribution is 5.94. The standard InChI is InChI=1S/C5H6F6N2O/c1-12-2(4(6,7)8)3(13-14)5(9,10)11/h2,12,14H,1H3. The van der Waals surface area contributed by atoms with Crippen LogP contribution in [-0.4, -0.2) is 36.4 Å². The maximum atomic E-state index is 11.9. The molecule has 2 N–H and O–H groups in total. The van der Waals surface area contributed by atoms with Crippen LogP contribution in [0.5, 0.6) is 0 Å². The number of halogens is 6. The lowest BCUT2D eigenvalue weighted by Gasteiger charge is -2.21. The molecule has 0 saturated heterocycles. The molecule has 0 fully saturated rings. The topological polar surface area (TPSA) is 44.6 Å². The summed E-state index contributed by atoms with van der Waals surface area (Å²) in [5.74, 6) is 0. The molecule has 0 radical (unpaired) electrons. The van der Waals surface area contributed by atoms with Crippen molar-refractivity contribution in [2.45, 2.75) is 18.4 Å². The van der Waals surface area contributed by atoms with Crippen molar-refractivity contribution in [1.29, 1.82) is 0 Å². The van der Waals surface area contributed by atoms with Gasteiger partial charge in [0.15, 0.2) is 11.8 Å². The Labute approximate surface area is 74.4 Å². The number of rotatable bonds is 2. The molecule has 0 amide bonds. The zero-order valence-electron chi connectivity index (χ0n) is 6.74. The summed E-state index contributed by atoms with van der Waals surface area (Å²) in [6.45, 7) is 0. The van der Waals surface area contributed by atoms with Crippen LogP contribution in [-0.2, 0) is 0 Å². The molecule has 84 valence electrons.